The van der Waals surface area contributed by atoms with Crippen LogP contribution in [-0.4, -0.2) is 18.7 Å². The van der Waals surface area contributed by atoms with Gasteiger partial charge < -0.3 is 10.1 Å². The Morgan fingerprint density at radius 1 is 1.35 bits per heavy atom. The average molecular weight is 235 g/mol. The first kappa shape index (κ1) is 15.2. The third kappa shape index (κ3) is 4.31. The Morgan fingerprint density at radius 2 is 1.88 bits per heavy atom. The minimum absolute atomic E-state index is 0.487. The van der Waals surface area contributed by atoms with E-state index < -0.39 is 11.6 Å². The summed E-state index contributed by atoms with van der Waals surface area (Å²) in [7, 11) is 1.33. The molecule has 0 aliphatic carbocycles. The Labute approximate surface area is 104 Å². The second-order valence-corrected chi connectivity index (χ2v) is 4.32. The highest BCUT2D eigenvalue weighted by atomic mass is 16.5. The summed E-state index contributed by atoms with van der Waals surface area (Å²) < 4.78 is 4.60. The molecule has 3 heteroatoms. The lowest BCUT2D eigenvalue weighted by molar-refractivity contribution is 0.163. The van der Waals surface area contributed by atoms with Crippen molar-refractivity contribution >= 4 is 6.09 Å². The van der Waals surface area contributed by atoms with Gasteiger partial charge in [0.25, 0.3) is 0 Å². The fraction of sp³-hybridized carbons (Fsp3) is 0.357. The van der Waals surface area contributed by atoms with E-state index in [-0.39, 0.29) is 0 Å². The molecule has 0 aromatic rings. The van der Waals surface area contributed by atoms with Gasteiger partial charge in [0.2, 0.25) is 0 Å². The van der Waals surface area contributed by atoms with Crippen LogP contribution >= 0.6 is 0 Å². The normalized spacial score (nSPS) is 11.6. The van der Waals surface area contributed by atoms with Crippen LogP contribution in [0.5, 0.6) is 0 Å². The number of rotatable bonds is 5. The number of hydrogen-bond donors (Lipinski definition) is 1. The van der Waals surface area contributed by atoms with Gasteiger partial charge in [0, 0.05) is 0 Å². The van der Waals surface area contributed by atoms with Crippen LogP contribution in [0.2, 0.25) is 0 Å². The zero-order valence-electron chi connectivity index (χ0n) is 11.1. The molecule has 0 saturated heterocycles. The first-order valence-electron chi connectivity index (χ1n) is 5.30. The van der Waals surface area contributed by atoms with E-state index in [4.69, 9.17) is 0 Å². The summed E-state index contributed by atoms with van der Waals surface area (Å²) in [6.07, 6.45) is 2.98. The highest BCUT2D eigenvalue weighted by Gasteiger charge is 2.27. The second kappa shape index (κ2) is 6.09. The Balaban J connectivity index is 5.26. The zero-order valence-corrected chi connectivity index (χ0v) is 11.1. The molecule has 0 bridgehead atoms. The topological polar surface area (TPSA) is 38.3 Å². The minimum Gasteiger partial charge on any atom is -0.453 e. The highest BCUT2D eigenvalue weighted by Crippen LogP contribution is 2.27. The summed E-state index contributed by atoms with van der Waals surface area (Å²) in [6.45, 7) is 17.1. The van der Waals surface area contributed by atoms with Crippen molar-refractivity contribution in [1.82, 2.24) is 5.32 Å². The molecule has 0 rings (SSSR count). The number of amides is 1. The van der Waals surface area contributed by atoms with Gasteiger partial charge in [-0.2, -0.15) is 0 Å². The van der Waals surface area contributed by atoms with Gasteiger partial charge in [-0.1, -0.05) is 37.5 Å². The van der Waals surface area contributed by atoms with Crippen LogP contribution in [0.25, 0.3) is 0 Å². The van der Waals surface area contributed by atoms with Gasteiger partial charge in [0.15, 0.2) is 0 Å². The van der Waals surface area contributed by atoms with E-state index in [0.717, 1.165) is 16.7 Å². The first-order chi connectivity index (χ1) is 7.76. The first-order valence-corrected chi connectivity index (χ1v) is 5.30. The molecule has 0 aromatic heterocycles. The summed E-state index contributed by atoms with van der Waals surface area (Å²) in [5, 5.41) is 2.75. The summed E-state index contributed by atoms with van der Waals surface area (Å²) in [4.78, 5) is 11.3. The van der Waals surface area contributed by atoms with Gasteiger partial charge in [-0.25, -0.2) is 4.79 Å². The number of carbonyl (C=O) groups excluding carboxylic acids is 1. The molecule has 0 fully saturated rings. The van der Waals surface area contributed by atoms with Crippen molar-refractivity contribution in [1.29, 1.82) is 0 Å². The van der Waals surface area contributed by atoms with Crippen LogP contribution in [0.4, 0.5) is 4.79 Å². The van der Waals surface area contributed by atoms with Crippen molar-refractivity contribution in [3.05, 3.63) is 48.6 Å². The molecule has 3 nitrogen and oxygen atoms in total. The number of allylic oxidation sites excluding steroid dienone is 3. The van der Waals surface area contributed by atoms with Crippen LogP contribution in [0.3, 0.4) is 0 Å². The van der Waals surface area contributed by atoms with Crippen LogP contribution in [-0.2, 0) is 4.74 Å². The summed E-state index contributed by atoms with van der Waals surface area (Å²) in [5.74, 6) is 0. The molecule has 0 saturated carbocycles. The molecule has 0 aliphatic rings. The quantitative estimate of drug-likeness (QED) is 0.742. The van der Waals surface area contributed by atoms with Gasteiger partial charge in [-0.3, -0.25) is 0 Å². The molecule has 1 N–H and O–H groups in total. The second-order valence-electron chi connectivity index (χ2n) is 4.32. The molecule has 0 aromatic carbocycles. The van der Waals surface area contributed by atoms with Crippen LogP contribution in [0.1, 0.15) is 20.8 Å². The SMILES string of the molecule is C=C/C=C(\C(=C)C(=C)C)C(C)(C)NC(=O)OC. The van der Waals surface area contributed by atoms with E-state index in [0.29, 0.717) is 0 Å². The number of alkyl carbamates (subject to hydrolysis) is 1. The van der Waals surface area contributed by atoms with Gasteiger partial charge >= 0.3 is 6.09 Å². The van der Waals surface area contributed by atoms with Crippen LogP contribution in [0, 0.1) is 0 Å². The van der Waals surface area contributed by atoms with Crippen LogP contribution in [0.15, 0.2) is 48.6 Å². The number of ether oxygens (including phenoxy) is 1. The lowest BCUT2D eigenvalue weighted by atomic mass is 9.85. The number of methoxy groups -OCH3 is 1. The molecule has 1 amide bonds. The standard InChI is InChI=1S/C14H21NO2/c1-8-9-12(11(4)10(2)3)14(5,6)15-13(16)17-7/h8-9H,1-2,4H2,3,5-7H3,(H,15,16)/b12-9+. The highest BCUT2D eigenvalue weighted by molar-refractivity contribution is 5.69. The molecule has 17 heavy (non-hydrogen) atoms. The lowest BCUT2D eigenvalue weighted by Crippen LogP contribution is -2.45. The third-order valence-corrected chi connectivity index (χ3v) is 2.40. The van der Waals surface area contributed by atoms with Crippen molar-refractivity contribution in [2.75, 3.05) is 7.11 Å². The summed E-state index contributed by atoms with van der Waals surface area (Å²) in [5.41, 5.74) is 1.88. The van der Waals surface area contributed by atoms with Crippen molar-refractivity contribution in [3.8, 4) is 0 Å². The van der Waals surface area contributed by atoms with E-state index in [9.17, 15) is 4.79 Å². The summed E-state index contributed by atoms with van der Waals surface area (Å²) in [6, 6.07) is 0. The summed E-state index contributed by atoms with van der Waals surface area (Å²) >= 11 is 0. The van der Waals surface area contributed by atoms with E-state index >= 15 is 0 Å². The van der Waals surface area contributed by atoms with Crippen molar-refractivity contribution in [3.63, 3.8) is 0 Å². The molecular weight excluding hydrogens is 214 g/mol. The van der Waals surface area contributed by atoms with E-state index in [1.54, 1.807) is 6.08 Å². The van der Waals surface area contributed by atoms with Gasteiger partial charge in [-0.15, -0.1) is 0 Å². The smallest absolute Gasteiger partial charge is 0.407 e. The molecule has 0 unspecified atom stereocenters. The van der Waals surface area contributed by atoms with Crippen molar-refractivity contribution < 1.29 is 9.53 Å². The van der Waals surface area contributed by atoms with Gasteiger partial charge in [-0.05, 0) is 31.9 Å². The number of nitrogens with one attached hydrogen (secondary N) is 1. The molecule has 0 spiro atoms. The monoisotopic (exact) mass is 235 g/mol. The molecule has 94 valence electrons. The van der Waals surface area contributed by atoms with E-state index in [1.807, 2.05) is 26.8 Å². The van der Waals surface area contributed by atoms with Crippen molar-refractivity contribution in [2.24, 2.45) is 0 Å². The maximum absolute atomic E-state index is 11.3. The van der Waals surface area contributed by atoms with Gasteiger partial charge in [0.05, 0.1) is 12.6 Å². The largest absolute Gasteiger partial charge is 0.453 e. The fourth-order valence-corrected chi connectivity index (χ4v) is 1.41. The number of hydrogen-bond acceptors (Lipinski definition) is 2. The fourth-order valence-electron chi connectivity index (χ4n) is 1.41. The Bertz CT molecular complexity index is 376. The maximum atomic E-state index is 11.3. The van der Waals surface area contributed by atoms with E-state index in [2.05, 4.69) is 29.8 Å². The van der Waals surface area contributed by atoms with E-state index in [1.165, 1.54) is 7.11 Å². The Morgan fingerprint density at radius 3 is 2.24 bits per heavy atom. The molecule has 0 radical (unpaired) electrons. The Hall–Kier alpha value is -1.77. The predicted molar refractivity (Wildman–Crippen MR) is 71.9 cm³/mol. The minimum atomic E-state index is -0.600. The molecule has 0 heterocycles. The Kier molecular flexibility index (Phi) is 5.45. The van der Waals surface area contributed by atoms with Crippen molar-refractivity contribution in [2.45, 2.75) is 26.3 Å². The average Bonchev–Trinajstić information content (AvgIpc) is 2.23. The molecular formula is C14H21NO2. The zero-order chi connectivity index (χ0) is 13.6. The maximum Gasteiger partial charge on any atom is 0.407 e. The predicted octanol–water partition coefficient (Wildman–Crippen LogP) is 3.37. The number of carbonyl (C=O) groups is 1. The van der Waals surface area contributed by atoms with Crippen LogP contribution < -0.4 is 5.32 Å². The molecule has 0 aliphatic heterocycles. The third-order valence-electron chi connectivity index (χ3n) is 2.40. The van der Waals surface area contributed by atoms with Gasteiger partial charge in [0.1, 0.15) is 0 Å². The lowest BCUT2D eigenvalue weighted by Gasteiger charge is -2.30. The molecule has 0 atom stereocenters.